The molecule has 2 amide bonds. The van der Waals surface area contributed by atoms with Gasteiger partial charge in [0.2, 0.25) is 5.89 Å². The van der Waals surface area contributed by atoms with E-state index < -0.39 is 0 Å². The van der Waals surface area contributed by atoms with Crippen LogP contribution in [0.3, 0.4) is 0 Å². The molecule has 1 fully saturated rings. The summed E-state index contributed by atoms with van der Waals surface area (Å²) in [6, 6.07) is -0.421. The number of carbonyl (C=O) groups excluding carboxylic acids is 1. The van der Waals surface area contributed by atoms with E-state index in [1.807, 2.05) is 6.92 Å². The monoisotopic (exact) mass is 323 g/mol. The number of urea groups is 1. The van der Waals surface area contributed by atoms with Crippen LogP contribution < -0.4 is 10.6 Å². The first kappa shape index (κ1) is 17.7. The van der Waals surface area contributed by atoms with Gasteiger partial charge in [-0.25, -0.2) is 4.79 Å². The smallest absolute Gasteiger partial charge is 0.315 e. The molecule has 1 aliphatic rings. The van der Waals surface area contributed by atoms with Gasteiger partial charge in [-0.15, -0.1) is 0 Å². The van der Waals surface area contributed by atoms with Gasteiger partial charge in [-0.1, -0.05) is 18.5 Å². The van der Waals surface area contributed by atoms with Gasteiger partial charge in [-0.2, -0.15) is 4.98 Å². The molecule has 2 heterocycles. The summed E-state index contributed by atoms with van der Waals surface area (Å²) in [6.07, 6.45) is 4.50. The summed E-state index contributed by atoms with van der Waals surface area (Å²) < 4.78 is 4.98. The standard InChI is InChI=1S/C16H29N5O2/c1-5-13(14-18-12(2)23-20-14)19-15(22)17-11-16(3,4)21-9-7-6-8-10-21/h13H,5-11H2,1-4H3,(H2,17,19,22)/t13-/m1/s1. The quantitative estimate of drug-likeness (QED) is 0.840. The molecule has 0 bridgehead atoms. The fourth-order valence-electron chi connectivity index (χ4n) is 2.92. The molecule has 0 aliphatic carbocycles. The summed E-state index contributed by atoms with van der Waals surface area (Å²) >= 11 is 0. The number of amides is 2. The Kier molecular flexibility index (Phi) is 5.98. The van der Waals surface area contributed by atoms with E-state index in [1.165, 1.54) is 19.3 Å². The summed E-state index contributed by atoms with van der Waals surface area (Å²) in [5, 5.41) is 9.79. The van der Waals surface area contributed by atoms with Crippen LogP contribution in [0.4, 0.5) is 4.79 Å². The Bertz CT molecular complexity index is 508. The lowest BCUT2D eigenvalue weighted by Crippen LogP contribution is -2.54. The molecule has 0 saturated carbocycles. The predicted octanol–water partition coefficient (Wildman–Crippen LogP) is 2.39. The van der Waals surface area contributed by atoms with E-state index in [2.05, 4.69) is 39.5 Å². The molecule has 1 aromatic rings. The first-order chi connectivity index (χ1) is 10.9. The van der Waals surface area contributed by atoms with Gasteiger partial charge in [0, 0.05) is 19.0 Å². The van der Waals surface area contributed by atoms with Gasteiger partial charge < -0.3 is 15.2 Å². The van der Waals surface area contributed by atoms with Crippen molar-refractivity contribution < 1.29 is 9.32 Å². The number of nitrogens with one attached hydrogen (secondary N) is 2. The number of rotatable bonds is 6. The minimum Gasteiger partial charge on any atom is -0.340 e. The molecule has 0 unspecified atom stereocenters. The topological polar surface area (TPSA) is 83.3 Å². The Labute approximate surface area is 138 Å². The Morgan fingerprint density at radius 1 is 1.35 bits per heavy atom. The van der Waals surface area contributed by atoms with E-state index in [-0.39, 0.29) is 17.6 Å². The van der Waals surface area contributed by atoms with E-state index in [4.69, 9.17) is 4.52 Å². The molecule has 1 aliphatic heterocycles. The van der Waals surface area contributed by atoms with Crippen LogP contribution >= 0.6 is 0 Å². The summed E-state index contributed by atoms with van der Waals surface area (Å²) in [6.45, 7) is 10.9. The van der Waals surface area contributed by atoms with Crippen LogP contribution in [0.5, 0.6) is 0 Å². The predicted molar refractivity (Wildman–Crippen MR) is 88.1 cm³/mol. The molecule has 0 aromatic carbocycles. The molecule has 23 heavy (non-hydrogen) atoms. The van der Waals surface area contributed by atoms with Gasteiger partial charge in [-0.3, -0.25) is 4.90 Å². The zero-order chi connectivity index (χ0) is 16.9. The molecule has 1 atom stereocenters. The number of nitrogens with zero attached hydrogens (tertiary/aromatic N) is 3. The van der Waals surface area contributed by atoms with Crippen LogP contribution in [0.1, 0.15) is 64.2 Å². The van der Waals surface area contributed by atoms with Crippen molar-refractivity contribution in [1.29, 1.82) is 0 Å². The van der Waals surface area contributed by atoms with Gasteiger partial charge in [0.25, 0.3) is 0 Å². The average Bonchev–Trinajstić information content (AvgIpc) is 2.98. The van der Waals surface area contributed by atoms with Gasteiger partial charge >= 0.3 is 6.03 Å². The SMILES string of the molecule is CC[C@@H](NC(=O)NCC(C)(C)N1CCCCC1)c1noc(C)n1. The number of aromatic nitrogens is 2. The Hall–Kier alpha value is -1.63. The summed E-state index contributed by atoms with van der Waals surface area (Å²) in [5.41, 5.74) is -0.0395. The average molecular weight is 323 g/mol. The summed E-state index contributed by atoms with van der Waals surface area (Å²) in [5.74, 6) is 1.03. The number of hydrogen-bond acceptors (Lipinski definition) is 5. The summed E-state index contributed by atoms with van der Waals surface area (Å²) in [4.78, 5) is 18.8. The zero-order valence-corrected chi connectivity index (χ0v) is 14.7. The Morgan fingerprint density at radius 3 is 2.61 bits per heavy atom. The van der Waals surface area contributed by atoms with Gasteiger partial charge in [0.1, 0.15) is 0 Å². The van der Waals surface area contributed by atoms with Crippen LogP contribution in [0.2, 0.25) is 0 Å². The molecule has 1 aromatic heterocycles. The fraction of sp³-hybridized carbons (Fsp3) is 0.812. The number of piperidine rings is 1. The maximum Gasteiger partial charge on any atom is 0.315 e. The fourth-order valence-corrected chi connectivity index (χ4v) is 2.92. The second kappa shape index (κ2) is 7.77. The third-order valence-electron chi connectivity index (χ3n) is 4.46. The first-order valence-electron chi connectivity index (χ1n) is 8.52. The lowest BCUT2D eigenvalue weighted by atomic mass is 9.98. The van der Waals surface area contributed by atoms with Crippen molar-refractivity contribution in [3.8, 4) is 0 Å². The highest BCUT2D eigenvalue weighted by atomic mass is 16.5. The lowest BCUT2D eigenvalue weighted by molar-refractivity contribution is 0.0958. The number of likely N-dealkylation sites (tertiary alicyclic amines) is 1. The highest BCUT2D eigenvalue weighted by molar-refractivity contribution is 5.74. The molecule has 7 heteroatoms. The maximum absolute atomic E-state index is 12.2. The third-order valence-corrected chi connectivity index (χ3v) is 4.46. The number of aryl methyl sites for hydroxylation is 1. The summed E-state index contributed by atoms with van der Waals surface area (Å²) in [7, 11) is 0. The molecular formula is C16H29N5O2. The highest BCUT2D eigenvalue weighted by Crippen LogP contribution is 2.20. The molecule has 1 saturated heterocycles. The number of hydrogen-bond donors (Lipinski definition) is 2. The van der Waals surface area contributed by atoms with Crippen molar-refractivity contribution in [1.82, 2.24) is 25.7 Å². The third kappa shape index (κ3) is 4.92. The van der Waals surface area contributed by atoms with Crippen molar-refractivity contribution in [3.05, 3.63) is 11.7 Å². The van der Waals surface area contributed by atoms with Crippen molar-refractivity contribution in [3.63, 3.8) is 0 Å². The second-order valence-corrected chi connectivity index (χ2v) is 6.82. The zero-order valence-electron chi connectivity index (χ0n) is 14.7. The van der Waals surface area contributed by atoms with E-state index >= 15 is 0 Å². The van der Waals surface area contributed by atoms with Crippen LogP contribution in [0.15, 0.2) is 4.52 Å². The van der Waals surface area contributed by atoms with Crippen LogP contribution in [-0.2, 0) is 0 Å². The van der Waals surface area contributed by atoms with Gasteiger partial charge in [-0.05, 0) is 46.2 Å². The van der Waals surface area contributed by atoms with Crippen LogP contribution in [-0.4, -0.2) is 46.2 Å². The lowest BCUT2D eigenvalue weighted by Gasteiger charge is -2.41. The first-order valence-corrected chi connectivity index (χ1v) is 8.52. The molecule has 7 nitrogen and oxygen atoms in total. The van der Waals surface area contributed by atoms with E-state index in [1.54, 1.807) is 6.92 Å². The van der Waals surface area contributed by atoms with Crippen LogP contribution in [0, 0.1) is 6.92 Å². The molecule has 2 rings (SSSR count). The molecule has 130 valence electrons. The Morgan fingerprint density at radius 2 is 2.04 bits per heavy atom. The van der Waals surface area contributed by atoms with Crippen molar-refractivity contribution in [2.24, 2.45) is 0 Å². The van der Waals surface area contributed by atoms with E-state index in [0.717, 1.165) is 13.1 Å². The number of carbonyl (C=O) groups is 1. The van der Waals surface area contributed by atoms with Crippen molar-refractivity contribution >= 4 is 6.03 Å². The minimum absolute atomic E-state index is 0.0395. The highest BCUT2D eigenvalue weighted by Gasteiger charge is 2.28. The Balaban J connectivity index is 1.83. The normalized spacial score (nSPS) is 17.7. The van der Waals surface area contributed by atoms with E-state index in [0.29, 0.717) is 24.7 Å². The minimum atomic E-state index is -0.231. The van der Waals surface area contributed by atoms with E-state index in [9.17, 15) is 4.79 Å². The molecule has 2 N–H and O–H groups in total. The van der Waals surface area contributed by atoms with Crippen LogP contribution in [0.25, 0.3) is 0 Å². The van der Waals surface area contributed by atoms with Gasteiger partial charge in [0.15, 0.2) is 5.82 Å². The molecule has 0 spiro atoms. The maximum atomic E-state index is 12.2. The van der Waals surface area contributed by atoms with Crippen molar-refractivity contribution in [2.75, 3.05) is 19.6 Å². The van der Waals surface area contributed by atoms with Crippen molar-refractivity contribution in [2.45, 2.75) is 65.0 Å². The molecular weight excluding hydrogens is 294 g/mol. The largest absolute Gasteiger partial charge is 0.340 e. The van der Waals surface area contributed by atoms with Gasteiger partial charge in [0.05, 0.1) is 6.04 Å². The second-order valence-electron chi connectivity index (χ2n) is 6.82. The molecule has 0 radical (unpaired) electrons.